The van der Waals surface area contributed by atoms with Gasteiger partial charge >= 0.3 is 5.63 Å². The van der Waals surface area contributed by atoms with Gasteiger partial charge in [-0.05, 0) is 41.8 Å². The Hall–Kier alpha value is -2.95. The quantitative estimate of drug-likeness (QED) is 0.751. The predicted octanol–water partition coefficient (Wildman–Crippen LogP) is 2.36. The van der Waals surface area contributed by atoms with Crippen LogP contribution in [0, 0.1) is 6.92 Å². The lowest BCUT2D eigenvalue weighted by Crippen LogP contribution is -2.25. The summed E-state index contributed by atoms with van der Waals surface area (Å²) in [5, 5.41) is 3.63. The van der Waals surface area contributed by atoms with Gasteiger partial charge in [0, 0.05) is 30.4 Å². The highest BCUT2D eigenvalue weighted by atomic mass is 16.4. The monoisotopic (exact) mass is 308 g/mol. The number of nitrogens with one attached hydrogen (secondary N) is 1. The molecule has 0 fully saturated rings. The van der Waals surface area contributed by atoms with E-state index in [0.717, 1.165) is 16.5 Å². The summed E-state index contributed by atoms with van der Waals surface area (Å²) >= 11 is 0. The van der Waals surface area contributed by atoms with E-state index >= 15 is 0 Å². The Kier molecular flexibility index (Phi) is 4.19. The largest absolute Gasteiger partial charge is 0.423 e. The molecule has 1 N–H and O–H groups in total. The molecule has 0 spiro atoms. The van der Waals surface area contributed by atoms with Gasteiger partial charge in [-0.25, -0.2) is 4.79 Å². The Labute approximate surface area is 133 Å². The number of hydrogen-bond donors (Lipinski definition) is 1. The number of pyridine rings is 1. The minimum absolute atomic E-state index is 0.135. The van der Waals surface area contributed by atoms with Crippen LogP contribution in [0.1, 0.15) is 16.7 Å². The van der Waals surface area contributed by atoms with Crippen molar-refractivity contribution < 1.29 is 9.21 Å². The van der Waals surface area contributed by atoms with Crippen molar-refractivity contribution in [3.8, 4) is 0 Å². The Balaban J connectivity index is 1.78. The molecule has 0 aliphatic carbocycles. The normalized spacial score (nSPS) is 10.7. The summed E-state index contributed by atoms with van der Waals surface area (Å²) in [4.78, 5) is 27.8. The van der Waals surface area contributed by atoms with Crippen LogP contribution < -0.4 is 10.9 Å². The first-order chi connectivity index (χ1) is 11.1. The number of aromatic nitrogens is 1. The summed E-state index contributed by atoms with van der Waals surface area (Å²) in [6.07, 6.45) is 3.50. The van der Waals surface area contributed by atoms with Crippen LogP contribution in [-0.2, 0) is 17.8 Å². The number of hydrogen-bond acceptors (Lipinski definition) is 4. The maximum Gasteiger partial charge on any atom is 0.336 e. The molecule has 5 nitrogen and oxygen atoms in total. The second-order valence-electron chi connectivity index (χ2n) is 5.40. The molecule has 0 radical (unpaired) electrons. The van der Waals surface area contributed by atoms with Crippen LogP contribution in [0.5, 0.6) is 0 Å². The SMILES string of the molecule is Cc1ccc2c(CC(=O)NCc3ccncc3)cc(=O)oc2c1. The zero-order valence-electron chi connectivity index (χ0n) is 12.7. The van der Waals surface area contributed by atoms with Gasteiger partial charge in [-0.3, -0.25) is 9.78 Å². The molecule has 0 unspecified atom stereocenters. The van der Waals surface area contributed by atoms with E-state index in [0.29, 0.717) is 17.7 Å². The number of fused-ring (bicyclic) bond motifs is 1. The van der Waals surface area contributed by atoms with Gasteiger partial charge in [-0.15, -0.1) is 0 Å². The molecule has 0 bridgehead atoms. The lowest BCUT2D eigenvalue weighted by Gasteiger charge is -2.07. The molecule has 2 heterocycles. The van der Waals surface area contributed by atoms with Crippen LogP contribution in [0.25, 0.3) is 11.0 Å². The van der Waals surface area contributed by atoms with Gasteiger partial charge < -0.3 is 9.73 Å². The fourth-order valence-corrected chi connectivity index (χ4v) is 2.42. The third-order valence-electron chi connectivity index (χ3n) is 3.58. The van der Waals surface area contributed by atoms with E-state index in [-0.39, 0.29) is 12.3 Å². The van der Waals surface area contributed by atoms with Gasteiger partial charge in [0.2, 0.25) is 5.91 Å². The molecule has 23 heavy (non-hydrogen) atoms. The van der Waals surface area contributed by atoms with Crippen molar-refractivity contribution in [3.05, 3.63) is 75.9 Å². The zero-order valence-corrected chi connectivity index (χ0v) is 12.7. The Morgan fingerprint density at radius 2 is 1.96 bits per heavy atom. The maximum atomic E-state index is 12.1. The van der Waals surface area contributed by atoms with E-state index in [9.17, 15) is 9.59 Å². The van der Waals surface area contributed by atoms with Crippen molar-refractivity contribution in [1.82, 2.24) is 10.3 Å². The van der Waals surface area contributed by atoms with Crippen LogP contribution in [-0.4, -0.2) is 10.9 Å². The second kappa shape index (κ2) is 6.44. The molecule has 0 aliphatic rings. The molecular formula is C18H16N2O3. The summed E-state index contributed by atoms with van der Waals surface area (Å²) in [6.45, 7) is 2.35. The average molecular weight is 308 g/mol. The molecule has 0 aliphatic heterocycles. The van der Waals surface area contributed by atoms with E-state index in [1.807, 2.05) is 31.2 Å². The van der Waals surface area contributed by atoms with E-state index in [4.69, 9.17) is 4.42 Å². The fourth-order valence-electron chi connectivity index (χ4n) is 2.42. The van der Waals surface area contributed by atoms with Crippen LogP contribution >= 0.6 is 0 Å². The number of carbonyl (C=O) groups is 1. The Morgan fingerprint density at radius 3 is 2.74 bits per heavy atom. The highest BCUT2D eigenvalue weighted by Crippen LogP contribution is 2.18. The summed E-state index contributed by atoms with van der Waals surface area (Å²) in [7, 11) is 0. The van der Waals surface area contributed by atoms with Crippen LogP contribution in [0.15, 0.2) is 58.0 Å². The molecule has 0 saturated carbocycles. The number of rotatable bonds is 4. The Morgan fingerprint density at radius 1 is 1.17 bits per heavy atom. The minimum atomic E-state index is -0.444. The molecule has 3 rings (SSSR count). The average Bonchev–Trinajstić information content (AvgIpc) is 2.53. The molecular weight excluding hydrogens is 292 g/mol. The third-order valence-corrected chi connectivity index (χ3v) is 3.58. The smallest absolute Gasteiger partial charge is 0.336 e. The molecule has 3 aromatic rings. The lowest BCUT2D eigenvalue weighted by atomic mass is 10.1. The first-order valence-corrected chi connectivity index (χ1v) is 7.31. The summed E-state index contributed by atoms with van der Waals surface area (Å²) < 4.78 is 5.20. The van der Waals surface area contributed by atoms with Crippen molar-refractivity contribution in [2.75, 3.05) is 0 Å². The standard InChI is InChI=1S/C18H16N2O3/c1-12-2-3-15-14(10-18(22)23-16(15)8-12)9-17(21)20-11-13-4-6-19-7-5-13/h2-8,10H,9,11H2,1H3,(H,20,21). The predicted molar refractivity (Wildman–Crippen MR) is 87.0 cm³/mol. The molecule has 0 atom stereocenters. The number of aryl methyl sites for hydroxylation is 1. The minimum Gasteiger partial charge on any atom is -0.423 e. The summed E-state index contributed by atoms with van der Waals surface area (Å²) in [6, 6.07) is 10.7. The van der Waals surface area contributed by atoms with Gasteiger partial charge in [0.15, 0.2) is 0 Å². The number of benzene rings is 1. The Bertz CT molecular complexity index is 901. The molecule has 0 saturated heterocycles. The molecule has 2 aromatic heterocycles. The number of carbonyl (C=O) groups excluding carboxylic acids is 1. The van der Waals surface area contributed by atoms with Gasteiger partial charge in [0.1, 0.15) is 5.58 Å². The van der Waals surface area contributed by atoms with Crippen molar-refractivity contribution >= 4 is 16.9 Å². The first kappa shape index (κ1) is 15.0. The molecule has 1 amide bonds. The maximum absolute atomic E-state index is 12.1. The lowest BCUT2D eigenvalue weighted by molar-refractivity contribution is -0.120. The van der Waals surface area contributed by atoms with Gasteiger partial charge in [0.25, 0.3) is 0 Å². The fraction of sp³-hybridized carbons (Fsp3) is 0.167. The van der Waals surface area contributed by atoms with E-state index in [2.05, 4.69) is 10.3 Å². The second-order valence-corrected chi connectivity index (χ2v) is 5.40. The molecule has 5 heteroatoms. The van der Waals surface area contributed by atoms with Crippen molar-refractivity contribution in [2.24, 2.45) is 0 Å². The summed E-state index contributed by atoms with van der Waals surface area (Å²) in [5.41, 5.74) is 2.71. The van der Waals surface area contributed by atoms with Crippen LogP contribution in [0.4, 0.5) is 0 Å². The number of nitrogens with zero attached hydrogens (tertiary/aromatic N) is 1. The highest BCUT2D eigenvalue weighted by molar-refractivity contribution is 5.87. The zero-order chi connectivity index (χ0) is 16.2. The summed E-state index contributed by atoms with van der Waals surface area (Å²) in [5.74, 6) is -0.144. The van der Waals surface area contributed by atoms with Crippen molar-refractivity contribution in [1.29, 1.82) is 0 Å². The first-order valence-electron chi connectivity index (χ1n) is 7.31. The van der Waals surface area contributed by atoms with Crippen LogP contribution in [0.2, 0.25) is 0 Å². The van der Waals surface area contributed by atoms with E-state index < -0.39 is 5.63 Å². The van der Waals surface area contributed by atoms with Crippen LogP contribution in [0.3, 0.4) is 0 Å². The molecule has 116 valence electrons. The van der Waals surface area contributed by atoms with Gasteiger partial charge in [-0.1, -0.05) is 12.1 Å². The van der Waals surface area contributed by atoms with Gasteiger partial charge in [-0.2, -0.15) is 0 Å². The van der Waals surface area contributed by atoms with E-state index in [1.54, 1.807) is 18.5 Å². The number of amides is 1. The molecule has 1 aromatic carbocycles. The van der Waals surface area contributed by atoms with Gasteiger partial charge in [0.05, 0.1) is 6.42 Å². The third kappa shape index (κ3) is 3.63. The van der Waals surface area contributed by atoms with Crippen molar-refractivity contribution in [2.45, 2.75) is 19.9 Å². The highest BCUT2D eigenvalue weighted by Gasteiger charge is 2.10. The van der Waals surface area contributed by atoms with E-state index in [1.165, 1.54) is 6.07 Å². The van der Waals surface area contributed by atoms with Crippen molar-refractivity contribution in [3.63, 3.8) is 0 Å². The topological polar surface area (TPSA) is 72.2 Å².